The SMILES string of the molecule is CCOC(=O)c1cc(NC(=O)c2ccccc2F)ccc1O. The summed E-state index contributed by atoms with van der Waals surface area (Å²) in [7, 11) is 0. The number of aromatic hydroxyl groups is 1. The predicted octanol–water partition coefficient (Wildman–Crippen LogP) is 2.96. The summed E-state index contributed by atoms with van der Waals surface area (Å²) >= 11 is 0. The molecule has 0 saturated heterocycles. The van der Waals surface area contributed by atoms with Gasteiger partial charge in [-0.2, -0.15) is 0 Å². The molecule has 6 heteroatoms. The van der Waals surface area contributed by atoms with Gasteiger partial charge in [0, 0.05) is 5.69 Å². The molecule has 0 heterocycles. The van der Waals surface area contributed by atoms with Crippen LogP contribution in [-0.2, 0) is 4.74 Å². The molecule has 114 valence electrons. The number of carbonyl (C=O) groups excluding carboxylic acids is 2. The zero-order valence-corrected chi connectivity index (χ0v) is 11.8. The van der Waals surface area contributed by atoms with Crippen molar-refractivity contribution < 1.29 is 23.8 Å². The van der Waals surface area contributed by atoms with Gasteiger partial charge >= 0.3 is 5.97 Å². The van der Waals surface area contributed by atoms with E-state index in [1.165, 1.54) is 36.4 Å². The molecule has 2 aromatic carbocycles. The van der Waals surface area contributed by atoms with Crippen LogP contribution in [0, 0.1) is 5.82 Å². The van der Waals surface area contributed by atoms with Crippen molar-refractivity contribution in [1.82, 2.24) is 0 Å². The van der Waals surface area contributed by atoms with Crippen LogP contribution in [0.5, 0.6) is 5.75 Å². The Morgan fingerprint density at radius 1 is 1.18 bits per heavy atom. The van der Waals surface area contributed by atoms with E-state index in [-0.39, 0.29) is 29.2 Å². The molecular weight excluding hydrogens is 289 g/mol. The molecule has 0 aromatic heterocycles. The number of esters is 1. The molecule has 22 heavy (non-hydrogen) atoms. The zero-order valence-electron chi connectivity index (χ0n) is 11.8. The number of hydrogen-bond acceptors (Lipinski definition) is 4. The Morgan fingerprint density at radius 3 is 2.59 bits per heavy atom. The Morgan fingerprint density at radius 2 is 1.91 bits per heavy atom. The maximum absolute atomic E-state index is 13.5. The minimum atomic E-state index is -0.706. The molecule has 0 fully saturated rings. The normalized spacial score (nSPS) is 10.1. The van der Waals surface area contributed by atoms with E-state index in [4.69, 9.17) is 4.74 Å². The fourth-order valence-corrected chi connectivity index (χ4v) is 1.83. The Kier molecular flexibility index (Phi) is 4.73. The first-order valence-corrected chi connectivity index (χ1v) is 6.59. The van der Waals surface area contributed by atoms with E-state index in [0.717, 1.165) is 0 Å². The van der Waals surface area contributed by atoms with Gasteiger partial charge < -0.3 is 15.2 Å². The Bertz CT molecular complexity index is 715. The third kappa shape index (κ3) is 3.41. The van der Waals surface area contributed by atoms with Crippen LogP contribution in [0.3, 0.4) is 0 Å². The van der Waals surface area contributed by atoms with Gasteiger partial charge in [0.05, 0.1) is 12.2 Å². The van der Waals surface area contributed by atoms with E-state index in [0.29, 0.717) is 0 Å². The Hall–Kier alpha value is -2.89. The van der Waals surface area contributed by atoms with E-state index < -0.39 is 17.7 Å². The molecule has 5 nitrogen and oxygen atoms in total. The number of hydrogen-bond donors (Lipinski definition) is 2. The fraction of sp³-hybridized carbons (Fsp3) is 0.125. The Labute approximate surface area is 126 Å². The highest BCUT2D eigenvalue weighted by atomic mass is 19.1. The average molecular weight is 303 g/mol. The highest BCUT2D eigenvalue weighted by molar-refractivity contribution is 6.05. The van der Waals surface area contributed by atoms with Crippen molar-refractivity contribution in [2.75, 3.05) is 11.9 Å². The van der Waals surface area contributed by atoms with Gasteiger partial charge in [-0.3, -0.25) is 4.79 Å². The highest BCUT2D eigenvalue weighted by Gasteiger charge is 2.15. The molecule has 2 rings (SSSR count). The number of amides is 1. The molecule has 0 aliphatic carbocycles. The number of phenolic OH excluding ortho intramolecular Hbond substituents is 1. The first-order valence-electron chi connectivity index (χ1n) is 6.59. The standard InChI is InChI=1S/C16H14FNO4/c1-2-22-16(21)12-9-10(7-8-14(12)19)18-15(20)11-5-3-4-6-13(11)17/h3-9,19H,2H2,1H3,(H,18,20). The molecular formula is C16H14FNO4. The first kappa shape index (κ1) is 15.5. The summed E-state index contributed by atoms with van der Waals surface area (Å²) < 4.78 is 18.3. The van der Waals surface area contributed by atoms with Gasteiger partial charge in [-0.15, -0.1) is 0 Å². The third-order valence-corrected chi connectivity index (χ3v) is 2.87. The van der Waals surface area contributed by atoms with Crippen molar-refractivity contribution >= 4 is 17.6 Å². The smallest absolute Gasteiger partial charge is 0.341 e. The monoisotopic (exact) mass is 303 g/mol. The van der Waals surface area contributed by atoms with Crippen molar-refractivity contribution in [2.45, 2.75) is 6.92 Å². The number of anilines is 1. The molecule has 2 N–H and O–H groups in total. The summed E-state index contributed by atoms with van der Waals surface area (Å²) in [5.41, 5.74) is 0.0514. The van der Waals surface area contributed by atoms with Crippen LogP contribution in [0.4, 0.5) is 10.1 Å². The topological polar surface area (TPSA) is 75.6 Å². The van der Waals surface area contributed by atoms with E-state index in [1.54, 1.807) is 13.0 Å². The number of benzene rings is 2. The molecule has 0 atom stereocenters. The van der Waals surface area contributed by atoms with Crippen molar-refractivity contribution in [3.63, 3.8) is 0 Å². The van der Waals surface area contributed by atoms with Crippen molar-refractivity contribution in [1.29, 1.82) is 0 Å². The number of rotatable bonds is 4. The Balaban J connectivity index is 2.23. The minimum absolute atomic E-state index is 0.0758. The quantitative estimate of drug-likeness (QED) is 0.672. The number of nitrogens with one attached hydrogen (secondary N) is 1. The molecule has 0 radical (unpaired) electrons. The maximum Gasteiger partial charge on any atom is 0.341 e. The number of carbonyl (C=O) groups is 2. The van der Waals surface area contributed by atoms with Crippen LogP contribution < -0.4 is 5.32 Å². The maximum atomic E-state index is 13.5. The van der Waals surface area contributed by atoms with Crippen LogP contribution in [0.25, 0.3) is 0 Å². The first-order chi connectivity index (χ1) is 10.5. The van der Waals surface area contributed by atoms with Gasteiger partial charge in [-0.25, -0.2) is 9.18 Å². The largest absolute Gasteiger partial charge is 0.507 e. The van der Waals surface area contributed by atoms with Crippen molar-refractivity contribution in [3.8, 4) is 5.75 Å². The van der Waals surface area contributed by atoms with Gasteiger partial charge in [0.1, 0.15) is 17.1 Å². The van der Waals surface area contributed by atoms with E-state index >= 15 is 0 Å². The summed E-state index contributed by atoms with van der Waals surface area (Å²) in [4.78, 5) is 23.7. The van der Waals surface area contributed by atoms with E-state index in [1.807, 2.05) is 0 Å². The fourth-order valence-electron chi connectivity index (χ4n) is 1.83. The molecule has 0 aliphatic heterocycles. The second-order valence-electron chi connectivity index (χ2n) is 4.39. The van der Waals surface area contributed by atoms with Gasteiger partial charge in [-0.05, 0) is 37.3 Å². The van der Waals surface area contributed by atoms with Gasteiger partial charge in [0.25, 0.3) is 5.91 Å². The van der Waals surface area contributed by atoms with Gasteiger partial charge in [0.2, 0.25) is 0 Å². The van der Waals surface area contributed by atoms with Crippen LogP contribution in [-0.4, -0.2) is 23.6 Å². The average Bonchev–Trinajstić information content (AvgIpc) is 2.49. The lowest BCUT2D eigenvalue weighted by Gasteiger charge is -2.09. The van der Waals surface area contributed by atoms with Crippen LogP contribution in [0.1, 0.15) is 27.6 Å². The molecule has 2 aromatic rings. The third-order valence-electron chi connectivity index (χ3n) is 2.87. The molecule has 1 amide bonds. The van der Waals surface area contributed by atoms with E-state index in [9.17, 15) is 19.1 Å². The lowest BCUT2D eigenvalue weighted by atomic mass is 10.1. The predicted molar refractivity (Wildman–Crippen MR) is 78.4 cm³/mol. The van der Waals surface area contributed by atoms with Crippen LogP contribution in [0.15, 0.2) is 42.5 Å². The van der Waals surface area contributed by atoms with Gasteiger partial charge in [-0.1, -0.05) is 12.1 Å². The number of phenols is 1. The summed E-state index contributed by atoms with van der Waals surface area (Å²) in [6.07, 6.45) is 0. The van der Waals surface area contributed by atoms with Crippen LogP contribution >= 0.6 is 0 Å². The second kappa shape index (κ2) is 6.71. The molecule has 0 aliphatic rings. The minimum Gasteiger partial charge on any atom is -0.507 e. The number of halogens is 1. The summed E-state index contributed by atoms with van der Waals surface area (Å²) in [6, 6.07) is 9.46. The lowest BCUT2D eigenvalue weighted by molar-refractivity contribution is 0.0523. The van der Waals surface area contributed by atoms with Crippen molar-refractivity contribution in [3.05, 3.63) is 59.4 Å². The highest BCUT2D eigenvalue weighted by Crippen LogP contribution is 2.23. The van der Waals surface area contributed by atoms with Gasteiger partial charge in [0.15, 0.2) is 0 Å². The summed E-state index contributed by atoms with van der Waals surface area (Å²) in [5.74, 6) is -2.27. The van der Waals surface area contributed by atoms with E-state index in [2.05, 4.69) is 5.32 Å². The number of ether oxygens (including phenoxy) is 1. The summed E-state index contributed by atoms with van der Waals surface area (Å²) in [5, 5.41) is 12.1. The molecule has 0 unspecified atom stereocenters. The zero-order chi connectivity index (χ0) is 16.1. The molecule has 0 spiro atoms. The van der Waals surface area contributed by atoms with Crippen LogP contribution in [0.2, 0.25) is 0 Å². The lowest BCUT2D eigenvalue weighted by Crippen LogP contribution is -2.14. The second-order valence-corrected chi connectivity index (χ2v) is 4.39. The molecule has 0 saturated carbocycles. The molecule has 0 bridgehead atoms. The summed E-state index contributed by atoms with van der Waals surface area (Å²) in [6.45, 7) is 1.79. The van der Waals surface area contributed by atoms with Crippen molar-refractivity contribution in [2.24, 2.45) is 0 Å².